The van der Waals surface area contributed by atoms with Crippen molar-refractivity contribution in [2.45, 2.75) is 42.5 Å². The number of carbonyl (C=O) groups excluding carboxylic acids is 1. The van der Waals surface area contributed by atoms with E-state index < -0.39 is 10.0 Å². The molecule has 0 radical (unpaired) electrons. The van der Waals surface area contributed by atoms with E-state index in [1.165, 1.54) is 6.42 Å². The second kappa shape index (κ2) is 10.0. The molecule has 2 aliphatic rings. The van der Waals surface area contributed by atoms with Gasteiger partial charge in [-0.25, -0.2) is 8.42 Å². The molecule has 4 rings (SSSR count). The fourth-order valence-corrected chi connectivity index (χ4v) is 6.78. The number of anilines is 1. The summed E-state index contributed by atoms with van der Waals surface area (Å²) in [5.41, 5.74) is 6.47. The van der Waals surface area contributed by atoms with Gasteiger partial charge in [-0.3, -0.25) is 9.69 Å². The van der Waals surface area contributed by atoms with Crippen LogP contribution in [0.5, 0.6) is 0 Å². The number of carbonyl (C=O) groups is 1. The fourth-order valence-electron chi connectivity index (χ4n) is 5.07. The molecular formula is C24H31ClN4O3S. The number of piperazine rings is 1. The highest BCUT2D eigenvalue weighted by atomic mass is 35.5. The van der Waals surface area contributed by atoms with Crippen molar-refractivity contribution in [3.63, 3.8) is 0 Å². The van der Waals surface area contributed by atoms with Crippen molar-refractivity contribution in [1.29, 1.82) is 0 Å². The maximum Gasteiger partial charge on any atom is 0.254 e. The third kappa shape index (κ3) is 5.04. The van der Waals surface area contributed by atoms with Crippen molar-refractivity contribution in [3.8, 4) is 0 Å². The van der Waals surface area contributed by atoms with Crippen LogP contribution in [-0.4, -0.2) is 61.8 Å². The van der Waals surface area contributed by atoms with Crippen molar-refractivity contribution in [2.75, 3.05) is 38.5 Å². The van der Waals surface area contributed by atoms with Crippen LogP contribution in [0.15, 0.2) is 53.4 Å². The van der Waals surface area contributed by atoms with Crippen LogP contribution in [0, 0.1) is 0 Å². The van der Waals surface area contributed by atoms with Crippen LogP contribution < -0.4 is 11.1 Å². The van der Waals surface area contributed by atoms with Crippen LogP contribution in [0.4, 0.5) is 5.69 Å². The van der Waals surface area contributed by atoms with Gasteiger partial charge >= 0.3 is 0 Å². The van der Waals surface area contributed by atoms with Crippen molar-refractivity contribution in [3.05, 3.63) is 59.1 Å². The minimum absolute atomic E-state index is 0.188. The summed E-state index contributed by atoms with van der Waals surface area (Å²) in [6.45, 7) is 2.63. The van der Waals surface area contributed by atoms with E-state index in [1.54, 1.807) is 46.8 Å². The van der Waals surface area contributed by atoms with E-state index >= 15 is 0 Å². The summed E-state index contributed by atoms with van der Waals surface area (Å²) >= 11 is 6.22. The molecule has 9 heteroatoms. The summed E-state index contributed by atoms with van der Waals surface area (Å²) in [6.07, 6.45) is 5.29. The Morgan fingerprint density at radius 2 is 1.64 bits per heavy atom. The molecule has 1 aliphatic carbocycles. The third-order valence-electron chi connectivity index (χ3n) is 6.93. The molecule has 7 nitrogen and oxygen atoms in total. The van der Waals surface area contributed by atoms with Crippen molar-refractivity contribution in [2.24, 2.45) is 0 Å². The van der Waals surface area contributed by atoms with Gasteiger partial charge in [0, 0.05) is 44.0 Å². The standard InChI is InChI=1S/C24H31ClN4O3S/c25-20-10-7-11-21(26)22(20)23(30)27-18-24(12-5-2-6-13-24)28-14-16-29(17-15-28)33(31,32)19-8-3-1-4-9-19/h1,3-4,7-11H,2,5-6,12-18,26H2,(H,27,30). The summed E-state index contributed by atoms with van der Waals surface area (Å²) < 4.78 is 27.6. The molecule has 2 fully saturated rings. The largest absolute Gasteiger partial charge is 0.398 e. The van der Waals surface area contributed by atoms with E-state index in [-0.39, 0.29) is 11.4 Å². The number of benzene rings is 2. The summed E-state index contributed by atoms with van der Waals surface area (Å²) in [5, 5.41) is 3.42. The van der Waals surface area contributed by atoms with Crippen LogP contribution in [0.1, 0.15) is 42.5 Å². The molecule has 2 aromatic rings. The molecular weight excluding hydrogens is 460 g/mol. The molecule has 1 saturated carbocycles. The second-order valence-electron chi connectivity index (χ2n) is 8.88. The van der Waals surface area contributed by atoms with Gasteiger partial charge in [-0.05, 0) is 37.1 Å². The Balaban J connectivity index is 1.45. The first-order valence-electron chi connectivity index (χ1n) is 11.5. The van der Waals surface area contributed by atoms with Gasteiger partial charge in [0.2, 0.25) is 10.0 Å². The van der Waals surface area contributed by atoms with Crippen molar-refractivity contribution >= 4 is 33.2 Å². The van der Waals surface area contributed by atoms with Crippen LogP contribution in [0.2, 0.25) is 5.02 Å². The van der Waals surface area contributed by atoms with Crippen molar-refractivity contribution in [1.82, 2.24) is 14.5 Å². The van der Waals surface area contributed by atoms with E-state index in [4.69, 9.17) is 17.3 Å². The molecule has 1 heterocycles. The molecule has 2 aromatic carbocycles. The van der Waals surface area contributed by atoms with Crippen LogP contribution in [0.3, 0.4) is 0 Å². The van der Waals surface area contributed by atoms with Gasteiger partial charge in [-0.2, -0.15) is 4.31 Å². The van der Waals surface area contributed by atoms with E-state index in [0.717, 1.165) is 25.7 Å². The number of nitrogens with one attached hydrogen (secondary N) is 1. The highest BCUT2D eigenvalue weighted by Crippen LogP contribution is 2.35. The smallest absolute Gasteiger partial charge is 0.254 e. The molecule has 1 amide bonds. The average Bonchev–Trinajstić information content (AvgIpc) is 2.84. The Hall–Kier alpha value is -2.13. The Labute approximate surface area is 200 Å². The first-order valence-corrected chi connectivity index (χ1v) is 13.3. The molecule has 0 bridgehead atoms. The SMILES string of the molecule is Nc1cccc(Cl)c1C(=O)NCC1(N2CCN(S(=O)(=O)c3ccccc3)CC2)CCCCC1. The zero-order valence-electron chi connectivity index (χ0n) is 18.7. The number of nitrogen functional groups attached to an aromatic ring is 1. The number of sulfonamides is 1. The zero-order valence-corrected chi connectivity index (χ0v) is 20.2. The predicted octanol–water partition coefficient (Wildman–Crippen LogP) is 3.36. The number of hydrogen-bond donors (Lipinski definition) is 2. The fraction of sp³-hybridized carbons (Fsp3) is 0.458. The Morgan fingerprint density at radius 3 is 2.27 bits per heavy atom. The highest BCUT2D eigenvalue weighted by molar-refractivity contribution is 7.89. The van der Waals surface area contributed by atoms with Gasteiger partial charge in [0.15, 0.2) is 0 Å². The lowest BCUT2D eigenvalue weighted by Crippen LogP contribution is -2.62. The van der Waals surface area contributed by atoms with Gasteiger partial charge in [-0.15, -0.1) is 0 Å². The maximum atomic E-state index is 13.0. The van der Waals surface area contributed by atoms with Gasteiger partial charge in [0.05, 0.1) is 15.5 Å². The summed E-state index contributed by atoms with van der Waals surface area (Å²) in [5.74, 6) is -0.270. The second-order valence-corrected chi connectivity index (χ2v) is 11.2. The molecule has 0 atom stereocenters. The lowest BCUT2D eigenvalue weighted by Gasteiger charge is -2.49. The van der Waals surface area contributed by atoms with Crippen molar-refractivity contribution < 1.29 is 13.2 Å². The average molecular weight is 491 g/mol. The van der Waals surface area contributed by atoms with E-state index in [1.807, 2.05) is 6.07 Å². The Bertz CT molecular complexity index is 1060. The predicted molar refractivity (Wildman–Crippen MR) is 131 cm³/mol. The number of hydrogen-bond acceptors (Lipinski definition) is 5. The molecule has 1 saturated heterocycles. The van der Waals surface area contributed by atoms with Crippen LogP contribution in [0.25, 0.3) is 0 Å². The number of rotatable bonds is 6. The monoisotopic (exact) mass is 490 g/mol. The first-order chi connectivity index (χ1) is 15.8. The third-order valence-corrected chi connectivity index (χ3v) is 9.15. The molecule has 0 unspecified atom stereocenters. The minimum Gasteiger partial charge on any atom is -0.398 e. The maximum absolute atomic E-state index is 13.0. The van der Waals surface area contributed by atoms with E-state index in [2.05, 4.69) is 10.2 Å². The first kappa shape index (κ1) is 24.0. The summed E-state index contributed by atoms with van der Waals surface area (Å²) in [4.78, 5) is 15.6. The van der Waals surface area contributed by atoms with Crippen LogP contribution in [-0.2, 0) is 10.0 Å². The van der Waals surface area contributed by atoms with E-state index in [9.17, 15) is 13.2 Å². The molecule has 178 valence electrons. The van der Waals surface area contributed by atoms with Crippen LogP contribution >= 0.6 is 11.6 Å². The van der Waals surface area contributed by atoms with Gasteiger partial charge in [0.1, 0.15) is 0 Å². The number of nitrogens with two attached hydrogens (primary N) is 1. The van der Waals surface area contributed by atoms with E-state index in [0.29, 0.717) is 53.9 Å². The quantitative estimate of drug-likeness (QED) is 0.605. The van der Waals surface area contributed by atoms with Gasteiger partial charge in [-0.1, -0.05) is 55.1 Å². The lowest BCUT2D eigenvalue weighted by molar-refractivity contribution is 0.0240. The Morgan fingerprint density at radius 1 is 0.970 bits per heavy atom. The Kier molecular flexibility index (Phi) is 7.28. The minimum atomic E-state index is -3.50. The summed E-state index contributed by atoms with van der Waals surface area (Å²) in [6, 6.07) is 13.6. The molecule has 33 heavy (non-hydrogen) atoms. The number of amides is 1. The topological polar surface area (TPSA) is 95.7 Å². The van der Waals surface area contributed by atoms with Gasteiger partial charge < -0.3 is 11.1 Å². The lowest BCUT2D eigenvalue weighted by atomic mass is 9.79. The molecule has 3 N–H and O–H groups in total. The normalized spacial score (nSPS) is 19.8. The molecule has 0 spiro atoms. The summed E-state index contributed by atoms with van der Waals surface area (Å²) in [7, 11) is -3.50. The number of nitrogens with zero attached hydrogens (tertiary/aromatic N) is 2. The zero-order chi connectivity index (χ0) is 23.5. The molecule has 1 aliphatic heterocycles. The number of halogens is 1. The van der Waals surface area contributed by atoms with Gasteiger partial charge in [0.25, 0.3) is 5.91 Å². The molecule has 0 aromatic heterocycles. The highest BCUT2D eigenvalue weighted by Gasteiger charge is 2.41.